The maximum absolute atomic E-state index is 12.7. The molecule has 0 spiro atoms. The SMILES string of the molecule is OC(CCl)C(O)c1cccc(OC(F)(F)C(F)F)c1. The molecular formula is C11H11ClF4O3. The van der Waals surface area contributed by atoms with Crippen LogP contribution in [0.1, 0.15) is 11.7 Å². The van der Waals surface area contributed by atoms with E-state index in [1.165, 1.54) is 12.1 Å². The first kappa shape index (κ1) is 16.0. The smallest absolute Gasteiger partial charge is 0.428 e. The molecule has 108 valence electrons. The molecule has 0 bridgehead atoms. The molecule has 0 heterocycles. The Morgan fingerprint density at radius 1 is 1.26 bits per heavy atom. The Morgan fingerprint density at radius 3 is 2.42 bits per heavy atom. The zero-order valence-corrected chi connectivity index (χ0v) is 10.2. The molecule has 0 fully saturated rings. The predicted octanol–water partition coefficient (Wildman–Crippen LogP) is 2.56. The van der Waals surface area contributed by atoms with E-state index in [1.807, 2.05) is 0 Å². The lowest BCUT2D eigenvalue weighted by Gasteiger charge is -2.19. The van der Waals surface area contributed by atoms with Gasteiger partial charge in [-0.15, -0.1) is 11.6 Å². The third kappa shape index (κ3) is 4.22. The number of hydrogen-bond donors (Lipinski definition) is 2. The minimum absolute atomic E-state index is 0.0238. The van der Waals surface area contributed by atoms with Crippen LogP contribution < -0.4 is 4.74 Å². The van der Waals surface area contributed by atoms with Crippen LogP contribution in [-0.2, 0) is 0 Å². The minimum atomic E-state index is -4.63. The van der Waals surface area contributed by atoms with Crippen LogP contribution in [0.25, 0.3) is 0 Å². The van der Waals surface area contributed by atoms with Gasteiger partial charge in [-0.1, -0.05) is 12.1 Å². The van der Waals surface area contributed by atoms with Gasteiger partial charge in [-0.2, -0.15) is 17.6 Å². The van der Waals surface area contributed by atoms with Crippen molar-refractivity contribution in [2.75, 3.05) is 5.88 Å². The quantitative estimate of drug-likeness (QED) is 0.627. The van der Waals surface area contributed by atoms with Crippen molar-refractivity contribution in [3.05, 3.63) is 29.8 Å². The number of hydrogen-bond acceptors (Lipinski definition) is 3. The summed E-state index contributed by atoms with van der Waals surface area (Å²) < 4.78 is 53.1. The number of aliphatic hydroxyl groups is 2. The molecule has 0 amide bonds. The Labute approximate surface area is 111 Å². The summed E-state index contributed by atoms with van der Waals surface area (Å²) >= 11 is 5.32. The van der Waals surface area contributed by atoms with Crippen molar-refractivity contribution in [2.24, 2.45) is 0 Å². The molecule has 2 unspecified atom stereocenters. The van der Waals surface area contributed by atoms with E-state index in [4.69, 9.17) is 11.6 Å². The van der Waals surface area contributed by atoms with E-state index in [1.54, 1.807) is 0 Å². The van der Waals surface area contributed by atoms with Crippen molar-refractivity contribution in [1.82, 2.24) is 0 Å². The van der Waals surface area contributed by atoms with Crippen molar-refractivity contribution in [2.45, 2.75) is 24.7 Å². The van der Waals surface area contributed by atoms with Gasteiger partial charge in [-0.05, 0) is 17.7 Å². The lowest BCUT2D eigenvalue weighted by Crippen LogP contribution is -2.33. The van der Waals surface area contributed by atoms with Gasteiger partial charge in [-0.3, -0.25) is 0 Å². The fourth-order valence-electron chi connectivity index (χ4n) is 1.27. The first-order chi connectivity index (χ1) is 8.77. The van der Waals surface area contributed by atoms with Crippen LogP contribution in [0.2, 0.25) is 0 Å². The lowest BCUT2D eigenvalue weighted by atomic mass is 10.1. The average molecular weight is 303 g/mol. The molecule has 0 aliphatic heterocycles. The van der Waals surface area contributed by atoms with Crippen LogP contribution in [-0.4, -0.2) is 34.7 Å². The summed E-state index contributed by atoms with van der Waals surface area (Å²) in [6.45, 7) is 0. The highest BCUT2D eigenvalue weighted by molar-refractivity contribution is 6.18. The third-order valence-corrected chi connectivity index (χ3v) is 2.55. The fraction of sp³-hybridized carbons (Fsp3) is 0.455. The maximum atomic E-state index is 12.7. The molecule has 0 radical (unpaired) electrons. The molecule has 0 aliphatic rings. The molecule has 3 nitrogen and oxygen atoms in total. The zero-order chi connectivity index (χ0) is 14.6. The summed E-state index contributed by atoms with van der Waals surface area (Å²) in [6, 6.07) is 4.49. The number of aliphatic hydroxyl groups excluding tert-OH is 2. The second-order valence-electron chi connectivity index (χ2n) is 3.70. The number of ether oxygens (including phenoxy) is 1. The summed E-state index contributed by atoms with van der Waals surface area (Å²) in [5.41, 5.74) is 0.0238. The normalized spacial score (nSPS) is 15.4. The van der Waals surface area contributed by atoms with Gasteiger partial charge in [0.1, 0.15) is 11.9 Å². The van der Waals surface area contributed by atoms with Crippen molar-refractivity contribution >= 4 is 11.6 Å². The van der Waals surface area contributed by atoms with Gasteiger partial charge in [-0.25, -0.2) is 0 Å². The van der Waals surface area contributed by atoms with Gasteiger partial charge in [0, 0.05) is 0 Å². The largest absolute Gasteiger partial charge is 0.461 e. The van der Waals surface area contributed by atoms with E-state index < -0.39 is 30.5 Å². The highest BCUT2D eigenvalue weighted by Gasteiger charge is 2.44. The summed E-state index contributed by atoms with van der Waals surface area (Å²) in [5, 5.41) is 18.9. The average Bonchev–Trinajstić information content (AvgIpc) is 2.36. The van der Waals surface area contributed by atoms with Crippen molar-refractivity contribution in [1.29, 1.82) is 0 Å². The van der Waals surface area contributed by atoms with Gasteiger partial charge in [0.25, 0.3) is 0 Å². The molecule has 0 aromatic heterocycles. The Balaban J connectivity index is 2.89. The van der Waals surface area contributed by atoms with Crippen molar-refractivity contribution in [3.8, 4) is 5.75 Å². The Hall–Kier alpha value is -1.05. The van der Waals surface area contributed by atoms with E-state index in [-0.39, 0.29) is 11.4 Å². The van der Waals surface area contributed by atoms with Crippen LogP contribution in [0.15, 0.2) is 24.3 Å². The van der Waals surface area contributed by atoms with Crippen molar-refractivity contribution < 1.29 is 32.5 Å². The number of rotatable bonds is 6. The molecule has 2 N–H and O–H groups in total. The van der Waals surface area contributed by atoms with E-state index in [2.05, 4.69) is 4.74 Å². The second kappa shape index (κ2) is 6.40. The van der Waals surface area contributed by atoms with Crippen LogP contribution in [0.4, 0.5) is 17.6 Å². The highest BCUT2D eigenvalue weighted by Crippen LogP contribution is 2.29. The maximum Gasteiger partial charge on any atom is 0.461 e. The van der Waals surface area contributed by atoms with Gasteiger partial charge in [0.2, 0.25) is 0 Å². The molecule has 19 heavy (non-hydrogen) atoms. The molecule has 0 saturated carbocycles. The first-order valence-electron chi connectivity index (χ1n) is 5.15. The van der Waals surface area contributed by atoms with Crippen molar-refractivity contribution in [3.63, 3.8) is 0 Å². The molecule has 8 heteroatoms. The molecule has 1 aromatic rings. The van der Waals surface area contributed by atoms with E-state index in [9.17, 15) is 27.8 Å². The third-order valence-electron chi connectivity index (χ3n) is 2.23. The van der Waals surface area contributed by atoms with Gasteiger partial charge >= 0.3 is 12.5 Å². The number of benzene rings is 1. The summed E-state index contributed by atoms with van der Waals surface area (Å²) in [7, 11) is 0. The number of halogens is 5. The second-order valence-corrected chi connectivity index (χ2v) is 4.01. The standard InChI is InChI=1S/C11H11ClF4O3/c12-5-8(17)9(18)6-2-1-3-7(4-6)19-11(15,16)10(13)14/h1-4,8-10,17-18H,5H2. The monoisotopic (exact) mass is 302 g/mol. The Kier molecular flexibility index (Phi) is 5.39. The summed E-state index contributed by atoms with van der Waals surface area (Å²) in [5.74, 6) is -0.831. The predicted molar refractivity (Wildman–Crippen MR) is 59.7 cm³/mol. The number of alkyl halides is 5. The van der Waals surface area contributed by atoms with Crippen LogP contribution >= 0.6 is 11.6 Å². The zero-order valence-electron chi connectivity index (χ0n) is 9.44. The Bertz CT molecular complexity index is 417. The molecule has 0 aliphatic carbocycles. The van der Waals surface area contributed by atoms with E-state index in [0.717, 1.165) is 12.1 Å². The molecule has 0 saturated heterocycles. The van der Waals surface area contributed by atoms with Crippen LogP contribution in [0, 0.1) is 0 Å². The molecule has 2 atom stereocenters. The first-order valence-corrected chi connectivity index (χ1v) is 5.68. The van der Waals surface area contributed by atoms with E-state index >= 15 is 0 Å². The topological polar surface area (TPSA) is 49.7 Å². The molecule has 1 rings (SSSR count). The Morgan fingerprint density at radius 2 is 1.89 bits per heavy atom. The van der Waals surface area contributed by atoms with Gasteiger partial charge in [0.05, 0.1) is 12.0 Å². The summed E-state index contributed by atoms with van der Waals surface area (Å²) in [4.78, 5) is 0. The highest BCUT2D eigenvalue weighted by atomic mass is 35.5. The molecule has 1 aromatic carbocycles. The van der Waals surface area contributed by atoms with E-state index in [0.29, 0.717) is 0 Å². The van der Waals surface area contributed by atoms with Gasteiger partial charge < -0.3 is 14.9 Å². The summed E-state index contributed by atoms with van der Waals surface area (Å²) in [6.07, 6.45) is -11.3. The lowest BCUT2D eigenvalue weighted by molar-refractivity contribution is -0.253. The minimum Gasteiger partial charge on any atom is -0.428 e. The fourth-order valence-corrected chi connectivity index (χ4v) is 1.44. The van der Waals surface area contributed by atoms with Gasteiger partial charge in [0.15, 0.2) is 0 Å². The van der Waals surface area contributed by atoms with Crippen LogP contribution in [0.3, 0.4) is 0 Å². The molecular weight excluding hydrogens is 292 g/mol. The van der Waals surface area contributed by atoms with Crippen LogP contribution in [0.5, 0.6) is 5.75 Å².